The zero-order chi connectivity index (χ0) is 17.1. The predicted molar refractivity (Wildman–Crippen MR) is 90.8 cm³/mol. The van der Waals surface area contributed by atoms with Crippen molar-refractivity contribution in [1.29, 1.82) is 0 Å². The zero-order valence-corrected chi connectivity index (χ0v) is 14.5. The molecule has 0 saturated heterocycles. The summed E-state index contributed by atoms with van der Waals surface area (Å²) in [5.74, 6) is 1.10. The van der Waals surface area contributed by atoms with Crippen molar-refractivity contribution in [1.82, 2.24) is 14.8 Å². The first-order chi connectivity index (χ1) is 11.6. The molecule has 0 atom stereocenters. The molecule has 2 aromatic heterocycles. The van der Waals surface area contributed by atoms with Gasteiger partial charge in [-0.25, -0.2) is 4.79 Å². The Hall–Kier alpha value is -2.54. The minimum absolute atomic E-state index is 0.228. The number of thioether (sulfide) groups is 1. The van der Waals surface area contributed by atoms with Gasteiger partial charge < -0.3 is 13.7 Å². The predicted octanol–water partition coefficient (Wildman–Crippen LogP) is 3.46. The number of aryl methyl sites for hydroxylation is 1. The van der Waals surface area contributed by atoms with E-state index in [0.717, 1.165) is 22.1 Å². The molecule has 0 saturated carbocycles. The van der Waals surface area contributed by atoms with Crippen LogP contribution in [0.5, 0.6) is 0 Å². The van der Waals surface area contributed by atoms with E-state index < -0.39 is 5.97 Å². The molecule has 6 nitrogen and oxygen atoms in total. The highest BCUT2D eigenvalue weighted by molar-refractivity contribution is 7.98. The van der Waals surface area contributed by atoms with Crippen LogP contribution < -0.4 is 0 Å². The van der Waals surface area contributed by atoms with Crippen molar-refractivity contribution in [2.75, 3.05) is 7.11 Å². The standard InChI is InChI=1S/C17H17N3O3S/c1-11-5-4-6-12(9-11)15-18-19-17(20(15)2)24-10-13-7-8-23-14(13)16(21)22-3/h4-9H,10H2,1-3H3. The summed E-state index contributed by atoms with van der Waals surface area (Å²) in [6.45, 7) is 2.04. The molecule has 1 aromatic carbocycles. The number of nitrogens with zero attached hydrogens (tertiary/aromatic N) is 3. The van der Waals surface area contributed by atoms with Gasteiger partial charge in [0.2, 0.25) is 5.76 Å². The summed E-state index contributed by atoms with van der Waals surface area (Å²) < 4.78 is 11.8. The first kappa shape index (κ1) is 16.3. The minimum atomic E-state index is -0.478. The van der Waals surface area contributed by atoms with E-state index in [-0.39, 0.29) is 5.76 Å². The van der Waals surface area contributed by atoms with Crippen LogP contribution in [0.4, 0.5) is 0 Å². The topological polar surface area (TPSA) is 70.2 Å². The summed E-state index contributed by atoms with van der Waals surface area (Å²) in [6.07, 6.45) is 1.48. The molecule has 7 heteroatoms. The fraction of sp³-hybridized carbons (Fsp3) is 0.235. The number of carbonyl (C=O) groups excluding carboxylic acids is 1. The molecular weight excluding hydrogens is 326 g/mol. The highest BCUT2D eigenvalue weighted by Crippen LogP contribution is 2.27. The van der Waals surface area contributed by atoms with E-state index in [4.69, 9.17) is 9.15 Å². The Kier molecular flexibility index (Phi) is 4.71. The van der Waals surface area contributed by atoms with Crippen LogP contribution in [0.2, 0.25) is 0 Å². The van der Waals surface area contributed by atoms with E-state index in [9.17, 15) is 4.79 Å². The van der Waals surface area contributed by atoms with Gasteiger partial charge in [-0.2, -0.15) is 0 Å². The van der Waals surface area contributed by atoms with Gasteiger partial charge in [-0.15, -0.1) is 10.2 Å². The van der Waals surface area contributed by atoms with Crippen LogP contribution in [0.25, 0.3) is 11.4 Å². The lowest BCUT2D eigenvalue weighted by molar-refractivity contribution is 0.0564. The molecule has 124 valence electrons. The van der Waals surface area contributed by atoms with Gasteiger partial charge in [0, 0.05) is 23.9 Å². The van der Waals surface area contributed by atoms with Crippen LogP contribution in [0, 0.1) is 6.92 Å². The number of rotatable bonds is 5. The molecule has 2 heterocycles. The quantitative estimate of drug-likeness (QED) is 0.522. The Morgan fingerprint density at radius 2 is 2.17 bits per heavy atom. The van der Waals surface area contributed by atoms with Gasteiger partial charge in [-0.1, -0.05) is 35.5 Å². The second-order valence-electron chi connectivity index (χ2n) is 5.29. The lowest BCUT2D eigenvalue weighted by Crippen LogP contribution is -2.02. The Morgan fingerprint density at radius 3 is 2.92 bits per heavy atom. The van der Waals surface area contributed by atoms with Crippen molar-refractivity contribution in [2.24, 2.45) is 7.05 Å². The van der Waals surface area contributed by atoms with Gasteiger partial charge in [-0.3, -0.25) is 0 Å². The molecule has 3 rings (SSSR count). The molecule has 0 unspecified atom stereocenters. The molecule has 0 radical (unpaired) electrons. The van der Waals surface area contributed by atoms with Crippen LogP contribution in [-0.2, 0) is 17.5 Å². The van der Waals surface area contributed by atoms with Crippen molar-refractivity contribution >= 4 is 17.7 Å². The first-order valence-electron chi connectivity index (χ1n) is 7.34. The summed E-state index contributed by atoms with van der Waals surface area (Å²) in [4.78, 5) is 11.6. The first-order valence-corrected chi connectivity index (χ1v) is 8.32. The van der Waals surface area contributed by atoms with E-state index in [1.807, 2.05) is 36.7 Å². The van der Waals surface area contributed by atoms with Crippen molar-refractivity contribution in [3.63, 3.8) is 0 Å². The second-order valence-corrected chi connectivity index (χ2v) is 6.23. The minimum Gasteiger partial charge on any atom is -0.463 e. The number of esters is 1. The monoisotopic (exact) mass is 343 g/mol. The highest BCUT2D eigenvalue weighted by Gasteiger charge is 2.17. The van der Waals surface area contributed by atoms with Gasteiger partial charge >= 0.3 is 5.97 Å². The molecule has 24 heavy (non-hydrogen) atoms. The summed E-state index contributed by atoms with van der Waals surface area (Å²) in [7, 11) is 3.26. The summed E-state index contributed by atoms with van der Waals surface area (Å²) in [6, 6.07) is 9.89. The van der Waals surface area contributed by atoms with Crippen molar-refractivity contribution in [3.8, 4) is 11.4 Å². The Balaban J connectivity index is 1.78. The Bertz CT molecular complexity index is 870. The zero-order valence-electron chi connectivity index (χ0n) is 13.6. The normalized spacial score (nSPS) is 10.8. The van der Waals surface area contributed by atoms with E-state index in [2.05, 4.69) is 16.3 Å². The second kappa shape index (κ2) is 6.92. The molecule has 0 aliphatic heterocycles. The van der Waals surface area contributed by atoms with E-state index in [1.165, 1.54) is 30.7 Å². The van der Waals surface area contributed by atoms with Gasteiger partial charge in [0.25, 0.3) is 0 Å². The number of benzene rings is 1. The van der Waals surface area contributed by atoms with E-state index in [0.29, 0.717) is 5.75 Å². The molecule has 0 amide bonds. The maximum absolute atomic E-state index is 11.6. The molecule has 0 fully saturated rings. The van der Waals surface area contributed by atoms with Crippen molar-refractivity contribution < 1.29 is 13.9 Å². The molecule has 0 spiro atoms. The lowest BCUT2D eigenvalue weighted by atomic mass is 10.1. The molecule has 0 N–H and O–H groups in total. The fourth-order valence-corrected chi connectivity index (χ4v) is 3.23. The molecule has 3 aromatic rings. The van der Waals surface area contributed by atoms with Crippen LogP contribution in [0.3, 0.4) is 0 Å². The van der Waals surface area contributed by atoms with Gasteiger partial charge in [0.1, 0.15) is 0 Å². The highest BCUT2D eigenvalue weighted by atomic mass is 32.2. The van der Waals surface area contributed by atoms with E-state index in [1.54, 1.807) is 6.07 Å². The fourth-order valence-electron chi connectivity index (χ4n) is 2.34. The Morgan fingerprint density at radius 1 is 1.33 bits per heavy atom. The van der Waals surface area contributed by atoms with Crippen molar-refractivity contribution in [2.45, 2.75) is 17.8 Å². The molecule has 0 aliphatic rings. The molecular formula is C17H17N3O3S. The Labute approximate surface area is 143 Å². The van der Waals surface area contributed by atoms with Crippen molar-refractivity contribution in [3.05, 3.63) is 53.5 Å². The average Bonchev–Trinajstić information content (AvgIpc) is 3.19. The lowest BCUT2D eigenvalue weighted by Gasteiger charge is -2.04. The smallest absolute Gasteiger partial charge is 0.374 e. The number of ether oxygens (including phenoxy) is 1. The maximum Gasteiger partial charge on any atom is 0.374 e. The number of furan rings is 1. The van der Waals surface area contributed by atoms with Gasteiger partial charge in [-0.05, 0) is 19.1 Å². The number of carbonyl (C=O) groups is 1. The number of methoxy groups -OCH3 is 1. The van der Waals surface area contributed by atoms with Crippen LogP contribution >= 0.6 is 11.8 Å². The third-order valence-corrected chi connectivity index (χ3v) is 4.65. The third-order valence-electron chi connectivity index (χ3n) is 3.59. The van der Waals surface area contributed by atoms with Gasteiger partial charge in [0.05, 0.1) is 13.4 Å². The largest absolute Gasteiger partial charge is 0.463 e. The SMILES string of the molecule is COC(=O)c1occc1CSc1nnc(-c2cccc(C)c2)n1C. The maximum atomic E-state index is 11.6. The average molecular weight is 343 g/mol. The third kappa shape index (κ3) is 3.21. The van der Waals surface area contributed by atoms with Crippen LogP contribution in [-0.4, -0.2) is 27.8 Å². The number of hydrogen-bond donors (Lipinski definition) is 0. The van der Waals surface area contributed by atoms with E-state index >= 15 is 0 Å². The summed E-state index contributed by atoms with van der Waals surface area (Å²) in [5.41, 5.74) is 2.97. The summed E-state index contributed by atoms with van der Waals surface area (Å²) in [5, 5.41) is 9.29. The molecule has 0 bridgehead atoms. The summed E-state index contributed by atoms with van der Waals surface area (Å²) >= 11 is 1.49. The number of hydrogen-bond acceptors (Lipinski definition) is 6. The molecule has 0 aliphatic carbocycles. The van der Waals surface area contributed by atoms with Gasteiger partial charge in [0.15, 0.2) is 11.0 Å². The van der Waals surface area contributed by atoms with Crippen LogP contribution in [0.15, 0.2) is 46.2 Å². The number of aromatic nitrogens is 3. The van der Waals surface area contributed by atoms with Crippen LogP contribution in [0.1, 0.15) is 21.7 Å².